The molecule has 1 aromatic carbocycles. The van der Waals surface area contributed by atoms with E-state index >= 15 is 8.78 Å². The van der Waals surface area contributed by atoms with Crippen LogP contribution >= 0.6 is 0 Å². The molecule has 0 saturated carbocycles. The van der Waals surface area contributed by atoms with Crippen LogP contribution < -0.4 is 15.0 Å². The van der Waals surface area contributed by atoms with Gasteiger partial charge in [0.15, 0.2) is 12.0 Å². The highest BCUT2D eigenvalue weighted by atomic mass is 19.1. The van der Waals surface area contributed by atoms with Gasteiger partial charge in [0.25, 0.3) is 5.88 Å². The van der Waals surface area contributed by atoms with Gasteiger partial charge < -0.3 is 19.7 Å². The van der Waals surface area contributed by atoms with Crippen LogP contribution in [0.3, 0.4) is 0 Å². The monoisotopic (exact) mass is 484 g/mol. The number of allylic oxidation sites excluding steroid dienone is 6. The lowest BCUT2D eigenvalue weighted by Crippen LogP contribution is -2.36. The molecule has 2 unspecified atom stereocenters. The number of alkyl halides is 1. The van der Waals surface area contributed by atoms with Crippen molar-refractivity contribution in [3.63, 3.8) is 0 Å². The van der Waals surface area contributed by atoms with Crippen molar-refractivity contribution >= 4 is 17.2 Å². The SMILES string of the molecule is CC1=CC2C(=C(F)C=C(Oc3ncnc(Nc4cccc(N5CCOCC5)c4)c3F)C2F)CCC1. The molecule has 0 radical (unpaired) electrons. The molecule has 3 aliphatic rings. The molecule has 1 fully saturated rings. The van der Waals surface area contributed by atoms with Gasteiger partial charge in [0.1, 0.15) is 17.9 Å². The molecule has 184 valence electrons. The number of hydrogen-bond donors (Lipinski definition) is 1. The van der Waals surface area contributed by atoms with Crippen LogP contribution in [0.4, 0.5) is 30.4 Å². The number of ether oxygens (including phenoxy) is 2. The van der Waals surface area contributed by atoms with Crippen LogP contribution in [0, 0.1) is 11.7 Å². The third kappa shape index (κ3) is 5.05. The molecule has 1 saturated heterocycles. The molecule has 1 aliphatic heterocycles. The van der Waals surface area contributed by atoms with Gasteiger partial charge in [-0.25, -0.2) is 13.8 Å². The lowest BCUT2D eigenvalue weighted by molar-refractivity contribution is 0.122. The van der Waals surface area contributed by atoms with Crippen LogP contribution in [0.15, 0.2) is 65.5 Å². The number of aromatic nitrogens is 2. The van der Waals surface area contributed by atoms with E-state index in [0.29, 0.717) is 30.9 Å². The fourth-order valence-corrected chi connectivity index (χ4v) is 4.68. The Morgan fingerprint density at radius 1 is 1.14 bits per heavy atom. The summed E-state index contributed by atoms with van der Waals surface area (Å²) in [5.41, 5.74) is 3.02. The second-order valence-corrected chi connectivity index (χ2v) is 8.93. The molecular formula is C26H27F3N4O2. The van der Waals surface area contributed by atoms with Crippen molar-refractivity contribution < 1.29 is 22.6 Å². The van der Waals surface area contributed by atoms with Gasteiger partial charge in [0.2, 0.25) is 5.82 Å². The van der Waals surface area contributed by atoms with Crippen LogP contribution in [0.1, 0.15) is 26.2 Å². The Morgan fingerprint density at radius 3 is 2.80 bits per heavy atom. The van der Waals surface area contributed by atoms with Gasteiger partial charge >= 0.3 is 0 Å². The largest absolute Gasteiger partial charge is 0.438 e. The maximum Gasteiger partial charge on any atom is 0.261 e. The molecule has 5 rings (SSSR count). The highest BCUT2D eigenvalue weighted by Crippen LogP contribution is 2.40. The third-order valence-corrected chi connectivity index (χ3v) is 6.50. The summed E-state index contributed by atoms with van der Waals surface area (Å²) in [7, 11) is 0. The first-order chi connectivity index (χ1) is 17.0. The second-order valence-electron chi connectivity index (χ2n) is 8.93. The molecule has 35 heavy (non-hydrogen) atoms. The molecule has 2 heterocycles. The molecule has 1 N–H and O–H groups in total. The molecule has 1 aromatic heterocycles. The maximum absolute atomic E-state index is 15.4. The van der Waals surface area contributed by atoms with E-state index in [2.05, 4.69) is 20.2 Å². The van der Waals surface area contributed by atoms with Crippen molar-refractivity contribution in [2.24, 2.45) is 5.92 Å². The number of rotatable bonds is 5. The predicted molar refractivity (Wildman–Crippen MR) is 128 cm³/mol. The molecule has 2 aliphatic carbocycles. The van der Waals surface area contributed by atoms with Crippen molar-refractivity contribution in [3.05, 3.63) is 71.3 Å². The standard InChI is InChI=1S/C26H27F3N4O2/c1-16-4-2-7-19-20(12-16)23(28)22(14-21(19)27)35-26-24(29)25(30-15-31-26)32-17-5-3-6-18(13-17)33-8-10-34-11-9-33/h3,5-6,12-15,20,23H,2,4,7-11H2,1H3,(H,30,31,32). The van der Waals surface area contributed by atoms with Crippen LogP contribution in [-0.2, 0) is 4.74 Å². The summed E-state index contributed by atoms with van der Waals surface area (Å²) in [5, 5.41) is 2.94. The van der Waals surface area contributed by atoms with E-state index in [1.165, 1.54) is 0 Å². The number of anilines is 3. The smallest absolute Gasteiger partial charge is 0.261 e. The molecule has 2 atom stereocenters. The number of halogens is 3. The molecule has 2 aromatic rings. The summed E-state index contributed by atoms with van der Waals surface area (Å²) >= 11 is 0. The highest BCUT2D eigenvalue weighted by molar-refractivity contribution is 5.64. The van der Waals surface area contributed by atoms with Gasteiger partial charge in [-0.05, 0) is 50.0 Å². The van der Waals surface area contributed by atoms with Crippen LogP contribution in [0.2, 0.25) is 0 Å². The number of nitrogens with zero attached hydrogens (tertiary/aromatic N) is 3. The first kappa shape index (κ1) is 23.4. The summed E-state index contributed by atoms with van der Waals surface area (Å²) < 4.78 is 56.3. The van der Waals surface area contributed by atoms with Gasteiger partial charge in [0, 0.05) is 36.5 Å². The van der Waals surface area contributed by atoms with E-state index in [9.17, 15) is 4.39 Å². The topological polar surface area (TPSA) is 59.5 Å². The molecule has 0 amide bonds. The number of morpholine rings is 1. The predicted octanol–water partition coefficient (Wildman–Crippen LogP) is 5.78. The van der Waals surface area contributed by atoms with Crippen molar-refractivity contribution in [2.75, 3.05) is 36.5 Å². The zero-order chi connectivity index (χ0) is 24.4. The lowest BCUT2D eigenvalue weighted by atomic mass is 9.86. The van der Waals surface area contributed by atoms with Gasteiger partial charge in [-0.1, -0.05) is 17.7 Å². The van der Waals surface area contributed by atoms with Crippen LogP contribution in [-0.4, -0.2) is 42.4 Å². The third-order valence-electron chi connectivity index (χ3n) is 6.50. The summed E-state index contributed by atoms with van der Waals surface area (Å²) in [6.45, 7) is 4.74. The second kappa shape index (κ2) is 10.1. The zero-order valence-corrected chi connectivity index (χ0v) is 19.4. The normalized spacial score (nSPS) is 22.7. The summed E-state index contributed by atoms with van der Waals surface area (Å²) in [4.78, 5) is 9.98. The Labute approximate surface area is 202 Å². The molecular weight excluding hydrogens is 457 g/mol. The fraction of sp³-hybridized carbons (Fsp3) is 0.385. The Balaban J connectivity index is 1.36. The van der Waals surface area contributed by atoms with Gasteiger partial charge in [-0.15, -0.1) is 0 Å². The average molecular weight is 485 g/mol. The number of fused-ring (bicyclic) bond motifs is 1. The molecule has 6 nitrogen and oxygen atoms in total. The van der Waals surface area contributed by atoms with E-state index < -0.39 is 29.6 Å². The summed E-state index contributed by atoms with van der Waals surface area (Å²) in [5.74, 6) is -3.07. The van der Waals surface area contributed by atoms with E-state index in [4.69, 9.17) is 9.47 Å². The van der Waals surface area contributed by atoms with Gasteiger partial charge in [-0.2, -0.15) is 9.37 Å². The minimum Gasteiger partial charge on any atom is -0.438 e. The highest BCUT2D eigenvalue weighted by Gasteiger charge is 2.36. The first-order valence-electron chi connectivity index (χ1n) is 11.8. The van der Waals surface area contributed by atoms with Crippen molar-refractivity contribution in [3.8, 4) is 5.88 Å². The van der Waals surface area contributed by atoms with Crippen molar-refractivity contribution in [2.45, 2.75) is 32.4 Å². The maximum atomic E-state index is 15.4. The van der Waals surface area contributed by atoms with E-state index in [1.54, 1.807) is 12.1 Å². The number of hydrogen-bond acceptors (Lipinski definition) is 6. The van der Waals surface area contributed by atoms with E-state index in [-0.39, 0.29) is 11.6 Å². The van der Waals surface area contributed by atoms with E-state index in [0.717, 1.165) is 49.6 Å². The Morgan fingerprint density at radius 2 is 1.97 bits per heavy atom. The minimum atomic E-state index is -1.63. The molecule has 0 bridgehead atoms. The number of benzene rings is 1. The Bertz CT molecular complexity index is 1190. The van der Waals surface area contributed by atoms with Crippen molar-refractivity contribution in [1.29, 1.82) is 0 Å². The quantitative estimate of drug-likeness (QED) is 0.543. The summed E-state index contributed by atoms with van der Waals surface area (Å²) in [6.07, 6.45) is 4.27. The Hall–Kier alpha value is -3.33. The number of nitrogens with one attached hydrogen (secondary N) is 1. The zero-order valence-electron chi connectivity index (χ0n) is 19.4. The minimum absolute atomic E-state index is 0.122. The van der Waals surface area contributed by atoms with Crippen molar-refractivity contribution in [1.82, 2.24) is 9.97 Å². The summed E-state index contributed by atoms with van der Waals surface area (Å²) in [6, 6.07) is 7.50. The van der Waals surface area contributed by atoms with Gasteiger partial charge in [0.05, 0.1) is 13.2 Å². The van der Waals surface area contributed by atoms with Crippen LogP contribution in [0.5, 0.6) is 5.88 Å². The van der Waals surface area contributed by atoms with Gasteiger partial charge in [-0.3, -0.25) is 0 Å². The average Bonchev–Trinajstić information content (AvgIpc) is 3.07. The Kier molecular flexibility index (Phi) is 6.77. The fourth-order valence-electron chi connectivity index (χ4n) is 4.68. The molecule has 0 spiro atoms. The lowest BCUT2D eigenvalue weighted by Gasteiger charge is -2.29. The first-order valence-corrected chi connectivity index (χ1v) is 11.8. The van der Waals surface area contributed by atoms with E-state index in [1.807, 2.05) is 25.1 Å². The molecule has 9 heteroatoms. The van der Waals surface area contributed by atoms with Crippen LogP contribution in [0.25, 0.3) is 0 Å².